The lowest BCUT2D eigenvalue weighted by Crippen LogP contribution is -2.17. The molecule has 0 aliphatic rings. The van der Waals surface area contributed by atoms with Crippen molar-refractivity contribution >= 4 is 5.97 Å². The molecule has 0 saturated carbocycles. The number of tetrazole rings is 1. The third-order valence-electron chi connectivity index (χ3n) is 1.30. The first-order valence-corrected chi connectivity index (χ1v) is 3.86. The molecular formula is C6H8F2N4O2. The molecule has 0 bridgehead atoms. The zero-order valence-electron chi connectivity index (χ0n) is 7.35. The van der Waals surface area contributed by atoms with Gasteiger partial charge >= 0.3 is 5.97 Å². The van der Waals surface area contributed by atoms with Crippen LogP contribution in [0.4, 0.5) is 8.78 Å². The SMILES string of the molecule is CCOC(=O)c1nnnn1CC(F)F. The Bertz CT molecular complexity index is 315. The van der Waals surface area contributed by atoms with Crippen LogP contribution in [0.25, 0.3) is 0 Å². The topological polar surface area (TPSA) is 69.9 Å². The van der Waals surface area contributed by atoms with Gasteiger partial charge in [0.15, 0.2) is 0 Å². The summed E-state index contributed by atoms with van der Waals surface area (Å²) in [5.74, 6) is -1.12. The quantitative estimate of drug-likeness (QED) is 0.654. The fraction of sp³-hybridized carbons (Fsp3) is 0.667. The molecule has 8 heteroatoms. The molecule has 78 valence electrons. The van der Waals surface area contributed by atoms with Gasteiger partial charge in [0, 0.05) is 0 Å². The summed E-state index contributed by atoms with van der Waals surface area (Å²) in [5.41, 5.74) is 0. The summed E-state index contributed by atoms with van der Waals surface area (Å²) in [6.45, 7) is 1.01. The number of halogens is 2. The molecule has 0 N–H and O–H groups in total. The largest absolute Gasteiger partial charge is 0.460 e. The van der Waals surface area contributed by atoms with Crippen LogP contribution in [-0.4, -0.2) is 39.2 Å². The van der Waals surface area contributed by atoms with Gasteiger partial charge in [-0.1, -0.05) is 0 Å². The Kier molecular flexibility index (Phi) is 3.43. The fourth-order valence-corrected chi connectivity index (χ4v) is 0.800. The number of esters is 1. The summed E-state index contributed by atoms with van der Waals surface area (Å²) in [4.78, 5) is 11.1. The van der Waals surface area contributed by atoms with Crippen LogP contribution in [0.15, 0.2) is 0 Å². The monoisotopic (exact) mass is 206 g/mol. The summed E-state index contributed by atoms with van der Waals surface area (Å²) in [6.07, 6.45) is -2.62. The first kappa shape index (κ1) is 10.5. The molecule has 6 nitrogen and oxygen atoms in total. The number of alkyl halides is 2. The number of carbonyl (C=O) groups excluding carboxylic acids is 1. The third kappa shape index (κ3) is 2.44. The van der Waals surface area contributed by atoms with Crippen molar-refractivity contribution in [2.75, 3.05) is 6.61 Å². The normalized spacial score (nSPS) is 10.6. The number of hydrogen-bond donors (Lipinski definition) is 0. The summed E-state index contributed by atoms with van der Waals surface area (Å²) >= 11 is 0. The first-order chi connectivity index (χ1) is 6.65. The molecule has 0 aliphatic heterocycles. The van der Waals surface area contributed by atoms with Gasteiger partial charge in [-0.25, -0.2) is 18.3 Å². The molecule has 0 saturated heterocycles. The zero-order chi connectivity index (χ0) is 10.6. The van der Waals surface area contributed by atoms with E-state index >= 15 is 0 Å². The van der Waals surface area contributed by atoms with E-state index in [0.717, 1.165) is 0 Å². The van der Waals surface area contributed by atoms with Crippen LogP contribution >= 0.6 is 0 Å². The minimum absolute atomic E-state index is 0.139. The number of nitrogens with zero attached hydrogens (tertiary/aromatic N) is 4. The Hall–Kier alpha value is -1.60. The van der Waals surface area contributed by atoms with Gasteiger partial charge in [0.05, 0.1) is 6.61 Å². The van der Waals surface area contributed by atoms with E-state index in [2.05, 4.69) is 20.3 Å². The number of carbonyl (C=O) groups is 1. The second kappa shape index (κ2) is 4.58. The van der Waals surface area contributed by atoms with Crippen molar-refractivity contribution in [1.82, 2.24) is 20.2 Å². The first-order valence-electron chi connectivity index (χ1n) is 3.86. The molecule has 0 amide bonds. The molecule has 0 fully saturated rings. The second-order valence-electron chi connectivity index (χ2n) is 2.30. The Morgan fingerprint density at radius 3 is 2.93 bits per heavy atom. The van der Waals surface area contributed by atoms with Crippen LogP contribution in [0.2, 0.25) is 0 Å². The lowest BCUT2D eigenvalue weighted by Gasteiger charge is -2.02. The summed E-state index contributed by atoms with van der Waals surface area (Å²) in [6, 6.07) is 0. The molecule has 0 atom stereocenters. The molecule has 0 aromatic carbocycles. The average Bonchev–Trinajstić information content (AvgIpc) is 2.51. The predicted octanol–water partition coefficient (Wildman–Crippen LogP) is 0.115. The summed E-state index contributed by atoms with van der Waals surface area (Å²) in [5, 5.41) is 9.62. The highest BCUT2D eigenvalue weighted by Gasteiger charge is 2.18. The van der Waals surface area contributed by atoms with E-state index in [4.69, 9.17) is 0 Å². The van der Waals surface area contributed by atoms with Gasteiger partial charge in [-0.15, -0.1) is 5.10 Å². The molecule has 1 rings (SSSR count). The Morgan fingerprint density at radius 2 is 2.36 bits per heavy atom. The van der Waals surface area contributed by atoms with E-state index < -0.39 is 18.9 Å². The number of aromatic nitrogens is 4. The molecule has 1 aromatic heterocycles. The van der Waals surface area contributed by atoms with Crippen molar-refractivity contribution in [2.24, 2.45) is 0 Å². The van der Waals surface area contributed by atoms with Gasteiger partial charge in [0.25, 0.3) is 12.2 Å². The predicted molar refractivity (Wildman–Crippen MR) is 39.8 cm³/mol. The molecular weight excluding hydrogens is 198 g/mol. The fourth-order valence-electron chi connectivity index (χ4n) is 0.800. The minimum atomic E-state index is -2.62. The molecule has 14 heavy (non-hydrogen) atoms. The van der Waals surface area contributed by atoms with Crippen LogP contribution in [0.3, 0.4) is 0 Å². The van der Waals surface area contributed by atoms with Crippen molar-refractivity contribution in [3.05, 3.63) is 5.82 Å². The lowest BCUT2D eigenvalue weighted by atomic mass is 10.5. The van der Waals surface area contributed by atoms with Gasteiger partial charge in [-0.3, -0.25) is 0 Å². The van der Waals surface area contributed by atoms with Crippen molar-refractivity contribution in [1.29, 1.82) is 0 Å². The maximum atomic E-state index is 12.0. The molecule has 1 heterocycles. The molecule has 0 spiro atoms. The number of ether oxygens (including phenoxy) is 1. The average molecular weight is 206 g/mol. The molecule has 0 radical (unpaired) electrons. The van der Waals surface area contributed by atoms with Crippen LogP contribution in [0.1, 0.15) is 17.5 Å². The van der Waals surface area contributed by atoms with Crippen molar-refractivity contribution in [3.8, 4) is 0 Å². The van der Waals surface area contributed by atoms with Gasteiger partial charge in [-0.05, 0) is 17.4 Å². The van der Waals surface area contributed by atoms with E-state index in [1.807, 2.05) is 0 Å². The van der Waals surface area contributed by atoms with E-state index in [1.54, 1.807) is 6.92 Å². The molecule has 0 aliphatic carbocycles. The van der Waals surface area contributed by atoms with E-state index in [9.17, 15) is 13.6 Å². The van der Waals surface area contributed by atoms with E-state index in [0.29, 0.717) is 4.68 Å². The number of hydrogen-bond acceptors (Lipinski definition) is 5. The van der Waals surface area contributed by atoms with Crippen LogP contribution in [-0.2, 0) is 11.3 Å². The van der Waals surface area contributed by atoms with Crippen molar-refractivity contribution in [3.63, 3.8) is 0 Å². The maximum Gasteiger partial charge on any atom is 0.378 e. The number of rotatable bonds is 4. The van der Waals surface area contributed by atoms with E-state index in [1.165, 1.54) is 0 Å². The third-order valence-corrected chi connectivity index (χ3v) is 1.30. The highest BCUT2D eigenvalue weighted by molar-refractivity contribution is 5.85. The summed E-state index contributed by atoms with van der Waals surface area (Å²) < 4.78 is 29.2. The van der Waals surface area contributed by atoms with Crippen molar-refractivity contribution in [2.45, 2.75) is 19.9 Å². The van der Waals surface area contributed by atoms with Gasteiger partial charge in [0.1, 0.15) is 6.54 Å². The van der Waals surface area contributed by atoms with Crippen LogP contribution < -0.4 is 0 Å². The van der Waals surface area contributed by atoms with Gasteiger partial charge in [0.2, 0.25) is 0 Å². The summed E-state index contributed by atoms with van der Waals surface area (Å²) in [7, 11) is 0. The highest BCUT2D eigenvalue weighted by atomic mass is 19.3. The van der Waals surface area contributed by atoms with Crippen LogP contribution in [0.5, 0.6) is 0 Å². The second-order valence-corrected chi connectivity index (χ2v) is 2.30. The van der Waals surface area contributed by atoms with Crippen LogP contribution in [0, 0.1) is 0 Å². The van der Waals surface area contributed by atoms with Crippen molar-refractivity contribution < 1.29 is 18.3 Å². The Balaban J connectivity index is 2.76. The Morgan fingerprint density at radius 1 is 1.64 bits per heavy atom. The molecule has 0 unspecified atom stereocenters. The standard InChI is InChI=1S/C6H8F2N4O2/c1-2-14-6(13)5-9-10-11-12(5)3-4(7)8/h4H,2-3H2,1H3. The molecule has 1 aromatic rings. The smallest absolute Gasteiger partial charge is 0.378 e. The van der Waals surface area contributed by atoms with Gasteiger partial charge < -0.3 is 4.74 Å². The zero-order valence-corrected chi connectivity index (χ0v) is 7.35. The Labute approximate surface area is 77.8 Å². The lowest BCUT2D eigenvalue weighted by molar-refractivity contribution is 0.0494. The van der Waals surface area contributed by atoms with E-state index in [-0.39, 0.29) is 12.4 Å². The van der Waals surface area contributed by atoms with Gasteiger partial charge in [-0.2, -0.15) is 0 Å². The highest BCUT2D eigenvalue weighted by Crippen LogP contribution is 2.01. The minimum Gasteiger partial charge on any atom is -0.460 e. The maximum absolute atomic E-state index is 12.0.